The van der Waals surface area contributed by atoms with Crippen LogP contribution < -0.4 is 5.32 Å². The molecule has 1 amide bonds. The van der Waals surface area contributed by atoms with Gasteiger partial charge in [0, 0.05) is 10.9 Å². The second kappa shape index (κ2) is 6.92. The quantitative estimate of drug-likeness (QED) is 0.830. The van der Waals surface area contributed by atoms with Crippen LogP contribution in [0.3, 0.4) is 0 Å². The first kappa shape index (κ1) is 16.3. The van der Waals surface area contributed by atoms with Gasteiger partial charge in [0.25, 0.3) is 0 Å². The Bertz CT molecular complexity index is 785. The lowest BCUT2D eigenvalue weighted by Gasteiger charge is -2.23. The lowest BCUT2D eigenvalue weighted by molar-refractivity contribution is -0.146. The lowest BCUT2D eigenvalue weighted by Crippen LogP contribution is -2.34. The summed E-state index contributed by atoms with van der Waals surface area (Å²) in [6, 6.07) is 5.92. The van der Waals surface area contributed by atoms with Crippen LogP contribution in [0.2, 0.25) is 0 Å². The second-order valence-corrected chi connectivity index (χ2v) is 6.39. The van der Waals surface area contributed by atoms with E-state index in [2.05, 4.69) is 10.3 Å². The minimum Gasteiger partial charge on any atom is -0.481 e. The van der Waals surface area contributed by atoms with Gasteiger partial charge < -0.3 is 10.4 Å². The van der Waals surface area contributed by atoms with E-state index in [0.29, 0.717) is 23.7 Å². The molecule has 1 aliphatic carbocycles. The van der Waals surface area contributed by atoms with Crippen molar-refractivity contribution in [3.8, 4) is 11.3 Å². The third-order valence-electron chi connectivity index (χ3n) is 3.96. The molecule has 5 nitrogen and oxygen atoms in total. The Morgan fingerprint density at radius 3 is 2.50 bits per heavy atom. The van der Waals surface area contributed by atoms with Crippen molar-refractivity contribution in [2.24, 2.45) is 11.8 Å². The molecule has 1 aromatic carbocycles. The topological polar surface area (TPSA) is 79.3 Å². The van der Waals surface area contributed by atoms with Gasteiger partial charge in [-0.2, -0.15) is 0 Å². The number of carbonyl (C=O) groups excluding carboxylic acids is 1. The molecule has 7 heteroatoms. The molecule has 0 saturated heterocycles. The minimum atomic E-state index is -0.967. The predicted molar refractivity (Wildman–Crippen MR) is 89.1 cm³/mol. The van der Waals surface area contributed by atoms with Crippen LogP contribution in [0.5, 0.6) is 0 Å². The van der Waals surface area contributed by atoms with Gasteiger partial charge in [0.2, 0.25) is 5.91 Å². The van der Waals surface area contributed by atoms with Crippen LogP contribution in [0.1, 0.15) is 12.8 Å². The average molecular weight is 346 g/mol. The predicted octanol–water partition coefficient (Wildman–Crippen LogP) is 3.55. The highest BCUT2D eigenvalue weighted by Crippen LogP contribution is 2.29. The normalized spacial score (nSPS) is 19.9. The van der Waals surface area contributed by atoms with Crippen LogP contribution >= 0.6 is 11.3 Å². The number of amides is 1. The first-order chi connectivity index (χ1) is 11.5. The zero-order valence-corrected chi connectivity index (χ0v) is 13.4. The molecule has 2 atom stereocenters. The van der Waals surface area contributed by atoms with Crippen molar-refractivity contribution in [2.75, 3.05) is 5.32 Å². The first-order valence-corrected chi connectivity index (χ1v) is 8.32. The number of carbonyl (C=O) groups is 2. The van der Waals surface area contributed by atoms with Gasteiger partial charge in [0.05, 0.1) is 17.5 Å². The van der Waals surface area contributed by atoms with E-state index >= 15 is 0 Å². The number of halogens is 1. The molecule has 0 radical (unpaired) electrons. The number of allylic oxidation sites excluding steroid dienone is 2. The zero-order valence-electron chi connectivity index (χ0n) is 12.6. The number of carboxylic acid groups (broad SMARTS) is 1. The summed E-state index contributed by atoms with van der Waals surface area (Å²) < 4.78 is 13.0. The van der Waals surface area contributed by atoms with Gasteiger partial charge in [-0.1, -0.05) is 12.2 Å². The number of rotatable bonds is 4. The van der Waals surface area contributed by atoms with Crippen LogP contribution in [-0.2, 0) is 9.59 Å². The number of carboxylic acids is 1. The number of aliphatic carboxylic acids is 1. The van der Waals surface area contributed by atoms with Crippen molar-refractivity contribution in [3.63, 3.8) is 0 Å². The van der Waals surface area contributed by atoms with Crippen LogP contribution in [0, 0.1) is 17.7 Å². The smallest absolute Gasteiger partial charge is 0.307 e. The summed E-state index contributed by atoms with van der Waals surface area (Å²) in [5, 5.41) is 14.1. The maximum atomic E-state index is 13.0. The average Bonchev–Trinajstić information content (AvgIpc) is 3.04. The summed E-state index contributed by atoms with van der Waals surface area (Å²) in [6.45, 7) is 0. The fraction of sp³-hybridized carbons (Fsp3) is 0.235. The Morgan fingerprint density at radius 2 is 1.83 bits per heavy atom. The van der Waals surface area contributed by atoms with Crippen molar-refractivity contribution >= 4 is 28.3 Å². The van der Waals surface area contributed by atoms with Gasteiger partial charge in [0.1, 0.15) is 5.82 Å². The molecular formula is C17H15FN2O3S. The Hall–Kier alpha value is -2.54. The monoisotopic (exact) mass is 346 g/mol. The van der Waals surface area contributed by atoms with Gasteiger partial charge in [-0.15, -0.1) is 11.3 Å². The summed E-state index contributed by atoms with van der Waals surface area (Å²) in [7, 11) is 0. The second-order valence-electron chi connectivity index (χ2n) is 5.53. The van der Waals surface area contributed by atoms with Gasteiger partial charge in [-0.25, -0.2) is 9.37 Å². The van der Waals surface area contributed by atoms with E-state index in [-0.39, 0.29) is 11.7 Å². The van der Waals surface area contributed by atoms with E-state index < -0.39 is 17.8 Å². The number of anilines is 1. The molecule has 1 aromatic heterocycles. The Morgan fingerprint density at radius 1 is 1.17 bits per heavy atom. The summed E-state index contributed by atoms with van der Waals surface area (Å²) in [5.41, 5.74) is 1.38. The molecule has 0 bridgehead atoms. The number of nitrogens with one attached hydrogen (secondary N) is 1. The number of aromatic nitrogens is 1. The number of hydrogen-bond acceptors (Lipinski definition) is 4. The molecular weight excluding hydrogens is 331 g/mol. The molecule has 0 aliphatic heterocycles. The van der Waals surface area contributed by atoms with Crippen LogP contribution in [0.25, 0.3) is 11.3 Å². The third kappa shape index (κ3) is 3.51. The number of nitrogens with zero attached hydrogens (tertiary/aromatic N) is 1. The summed E-state index contributed by atoms with van der Waals surface area (Å²) in [6.07, 6.45) is 4.37. The zero-order chi connectivity index (χ0) is 17.1. The van der Waals surface area contributed by atoms with Gasteiger partial charge in [-0.05, 0) is 37.1 Å². The van der Waals surface area contributed by atoms with Crippen LogP contribution in [-0.4, -0.2) is 22.0 Å². The van der Waals surface area contributed by atoms with Crippen molar-refractivity contribution < 1.29 is 19.1 Å². The first-order valence-electron chi connectivity index (χ1n) is 7.44. The van der Waals surface area contributed by atoms with Crippen molar-refractivity contribution in [1.29, 1.82) is 0 Å². The molecule has 0 saturated carbocycles. The third-order valence-corrected chi connectivity index (χ3v) is 4.72. The molecule has 3 rings (SSSR count). The Balaban J connectivity index is 1.72. The summed E-state index contributed by atoms with van der Waals surface area (Å²) in [4.78, 5) is 28.0. The highest BCUT2D eigenvalue weighted by Gasteiger charge is 2.34. The number of thiazole rings is 1. The fourth-order valence-electron chi connectivity index (χ4n) is 2.66. The maximum absolute atomic E-state index is 13.0. The van der Waals surface area contributed by atoms with Crippen LogP contribution in [0.15, 0.2) is 41.8 Å². The summed E-state index contributed by atoms with van der Waals surface area (Å²) in [5.74, 6) is -2.96. The minimum absolute atomic E-state index is 0.326. The van der Waals surface area contributed by atoms with Crippen LogP contribution in [0.4, 0.5) is 9.52 Å². The fourth-order valence-corrected chi connectivity index (χ4v) is 3.38. The van der Waals surface area contributed by atoms with Crippen molar-refractivity contribution in [1.82, 2.24) is 4.98 Å². The molecule has 24 heavy (non-hydrogen) atoms. The van der Waals surface area contributed by atoms with E-state index in [1.807, 2.05) is 6.08 Å². The standard InChI is InChI=1S/C17H15FN2O3S/c18-11-7-5-10(6-8-11)14-9-24-17(19-14)20-15(21)12-3-1-2-4-13(12)16(22)23/h1-2,5-9,12-13H,3-4H2,(H,22,23)(H,19,20,21)/t12-,13-/m1/s1. The van der Waals surface area contributed by atoms with E-state index in [0.717, 1.165) is 5.56 Å². The van der Waals surface area contributed by atoms with Crippen molar-refractivity contribution in [3.05, 3.63) is 47.6 Å². The highest BCUT2D eigenvalue weighted by atomic mass is 32.1. The molecule has 0 unspecified atom stereocenters. The van der Waals surface area contributed by atoms with E-state index in [1.54, 1.807) is 23.6 Å². The maximum Gasteiger partial charge on any atom is 0.307 e. The SMILES string of the molecule is O=C(O)[C@@H]1CC=CC[C@H]1C(=O)Nc1nc(-c2ccc(F)cc2)cs1. The molecule has 2 aromatic rings. The lowest BCUT2D eigenvalue weighted by atomic mass is 9.82. The molecule has 1 heterocycles. The Labute approximate surface area is 141 Å². The Kier molecular flexibility index (Phi) is 4.71. The molecule has 0 fully saturated rings. The summed E-state index contributed by atoms with van der Waals surface area (Å²) >= 11 is 1.25. The van der Waals surface area contributed by atoms with Crippen molar-refractivity contribution in [2.45, 2.75) is 12.8 Å². The molecule has 1 aliphatic rings. The largest absolute Gasteiger partial charge is 0.481 e. The van der Waals surface area contributed by atoms with Gasteiger partial charge in [-0.3, -0.25) is 9.59 Å². The number of hydrogen-bond donors (Lipinski definition) is 2. The van der Waals surface area contributed by atoms with E-state index in [9.17, 15) is 19.1 Å². The molecule has 0 spiro atoms. The number of benzene rings is 1. The highest BCUT2D eigenvalue weighted by molar-refractivity contribution is 7.14. The van der Waals surface area contributed by atoms with Gasteiger partial charge >= 0.3 is 5.97 Å². The van der Waals surface area contributed by atoms with E-state index in [1.165, 1.54) is 23.5 Å². The molecule has 2 N–H and O–H groups in total. The molecule has 124 valence electrons. The van der Waals surface area contributed by atoms with Gasteiger partial charge in [0.15, 0.2) is 5.13 Å². The van der Waals surface area contributed by atoms with E-state index in [4.69, 9.17) is 0 Å².